The Morgan fingerprint density at radius 2 is 2.15 bits per heavy atom. The van der Waals surface area contributed by atoms with Gasteiger partial charge in [0.1, 0.15) is 5.01 Å². The molecule has 26 heavy (non-hydrogen) atoms. The highest BCUT2D eigenvalue weighted by atomic mass is 32.1. The van der Waals surface area contributed by atoms with E-state index >= 15 is 0 Å². The lowest BCUT2D eigenvalue weighted by atomic mass is 10.3. The van der Waals surface area contributed by atoms with Crippen LogP contribution in [0.3, 0.4) is 0 Å². The summed E-state index contributed by atoms with van der Waals surface area (Å²) in [5, 5.41) is 8.46. The monoisotopic (exact) mass is 384 g/mol. The first kappa shape index (κ1) is 16.6. The molecule has 0 amide bonds. The van der Waals surface area contributed by atoms with Crippen molar-refractivity contribution in [3.63, 3.8) is 0 Å². The normalized spacial score (nSPS) is 10.8. The number of aromatic nitrogens is 4. The van der Waals surface area contributed by atoms with Gasteiger partial charge in [-0.1, -0.05) is 11.2 Å². The Kier molecular flexibility index (Phi) is 4.80. The lowest BCUT2D eigenvalue weighted by Gasteiger charge is -1.99. The molecule has 0 radical (unpaired) electrons. The number of ether oxygens (including phenoxy) is 1. The van der Waals surface area contributed by atoms with Crippen molar-refractivity contribution in [3.8, 4) is 21.3 Å². The van der Waals surface area contributed by atoms with Crippen LogP contribution in [0.25, 0.3) is 21.3 Å². The molecule has 0 aliphatic heterocycles. The van der Waals surface area contributed by atoms with E-state index in [1.807, 2.05) is 35.0 Å². The number of rotatable bonds is 6. The number of hydrogen-bond acceptors (Lipinski definition) is 9. The summed E-state index contributed by atoms with van der Waals surface area (Å²) in [5.41, 5.74) is 1.58. The Balaban J connectivity index is 1.33. The first-order valence-corrected chi connectivity index (χ1v) is 9.41. The lowest BCUT2D eigenvalue weighted by Crippen LogP contribution is -2.08. The Bertz CT molecular complexity index is 996. The highest BCUT2D eigenvalue weighted by Gasteiger charge is 2.14. The predicted molar refractivity (Wildman–Crippen MR) is 96.5 cm³/mol. The van der Waals surface area contributed by atoms with Gasteiger partial charge in [0.2, 0.25) is 5.82 Å². The molecule has 0 saturated heterocycles. The Morgan fingerprint density at radius 3 is 2.96 bits per heavy atom. The second kappa shape index (κ2) is 7.54. The smallest absolute Gasteiger partial charge is 0.312 e. The summed E-state index contributed by atoms with van der Waals surface area (Å²) in [6, 6.07) is 7.57. The fourth-order valence-electron chi connectivity index (χ4n) is 2.17. The van der Waals surface area contributed by atoms with Gasteiger partial charge in [-0.15, -0.1) is 22.7 Å². The Hall–Kier alpha value is -2.91. The second-order valence-electron chi connectivity index (χ2n) is 5.21. The Morgan fingerprint density at radius 1 is 1.19 bits per heavy atom. The number of hydrogen-bond donors (Lipinski definition) is 0. The van der Waals surface area contributed by atoms with Crippen LogP contribution in [0.15, 0.2) is 51.9 Å². The van der Waals surface area contributed by atoms with Crippen molar-refractivity contribution in [2.24, 2.45) is 0 Å². The van der Waals surface area contributed by atoms with Crippen LogP contribution in [0.2, 0.25) is 0 Å². The van der Waals surface area contributed by atoms with Crippen molar-refractivity contribution in [1.82, 2.24) is 20.1 Å². The van der Waals surface area contributed by atoms with Crippen LogP contribution in [-0.2, 0) is 22.6 Å². The molecule has 4 aromatic heterocycles. The maximum atomic E-state index is 12.0. The number of carbonyl (C=O) groups is 1. The van der Waals surface area contributed by atoms with E-state index in [2.05, 4.69) is 20.1 Å². The van der Waals surface area contributed by atoms with E-state index in [0.29, 0.717) is 11.5 Å². The third-order valence-electron chi connectivity index (χ3n) is 3.35. The zero-order valence-electron chi connectivity index (χ0n) is 13.4. The number of pyridine rings is 1. The SMILES string of the molecule is O=C(Cc1csc(-c2cccnc2)n1)OCc1nc(-c2cccs2)no1. The summed E-state index contributed by atoms with van der Waals surface area (Å²) >= 11 is 2.97. The van der Waals surface area contributed by atoms with Gasteiger partial charge in [-0.3, -0.25) is 9.78 Å². The fraction of sp³-hybridized carbons (Fsp3) is 0.118. The van der Waals surface area contributed by atoms with Gasteiger partial charge in [-0.05, 0) is 23.6 Å². The summed E-state index contributed by atoms with van der Waals surface area (Å²) in [5.74, 6) is 0.353. The second-order valence-corrected chi connectivity index (χ2v) is 7.02. The standard InChI is InChI=1S/C17H12N4O3S2/c22-15(7-12-10-26-17(19-12)11-3-1-5-18-8-11)23-9-14-20-16(21-24-14)13-4-2-6-25-13/h1-6,8,10H,7,9H2. The third kappa shape index (κ3) is 3.84. The first-order chi connectivity index (χ1) is 12.8. The molecule has 4 heterocycles. The Labute approximate surface area is 156 Å². The van der Waals surface area contributed by atoms with Crippen molar-refractivity contribution >= 4 is 28.6 Å². The lowest BCUT2D eigenvalue weighted by molar-refractivity contribution is -0.144. The maximum Gasteiger partial charge on any atom is 0.312 e. The molecule has 4 aromatic rings. The van der Waals surface area contributed by atoms with Crippen LogP contribution in [0, 0.1) is 0 Å². The van der Waals surface area contributed by atoms with Gasteiger partial charge in [0, 0.05) is 23.3 Å². The predicted octanol–water partition coefficient (Wildman–Crippen LogP) is 3.60. The van der Waals surface area contributed by atoms with E-state index in [-0.39, 0.29) is 18.9 Å². The maximum absolute atomic E-state index is 12.0. The van der Waals surface area contributed by atoms with Gasteiger partial charge >= 0.3 is 5.97 Å². The van der Waals surface area contributed by atoms with E-state index in [9.17, 15) is 4.79 Å². The van der Waals surface area contributed by atoms with Crippen molar-refractivity contribution in [2.75, 3.05) is 0 Å². The van der Waals surface area contributed by atoms with E-state index < -0.39 is 5.97 Å². The van der Waals surface area contributed by atoms with Crippen molar-refractivity contribution in [2.45, 2.75) is 13.0 Å². The molecule has 7 nitrogen and oxygen atoms in total. The van der Waals surface area contributed by atoms with Crippen LogP contribution < -0.4 is 0 Å². The van der Waals surface area contributed by atoms with Gasteiger partial charge in [-0.2, -0.15) is 4.98 Å². The number of thiophene rings is 1. The molecule has 130 valence electrons. The average Bonchev–Trinajstić information content (AvgIpc) is 3.41. The zero-order chi connectivity index (χ0) is 17.8. The minimum atomic E-state index is -0.399. The third-order valence-corrected chi connectivity index (χ3v) is 5.16. The molecular weight excluding hydrogens is 372 g/mol. The first-order valence-electron chi connectivity index (χ1n) is 7.65. The summed E-state index contributed by atoms with van der Waals surface area (Å²) in [7, 11) is 0. The van der Waals surface area contributed by atoms with Crippen LogP contribution >= 0.6 is 22.7 Å². The van der Waals surface area contributed by atoms with Gasteiger partial charge < -0.3 is 9.26 Å². The van der Waals surface area contributed by atoms with Crippen molar-refractivity contribution in [3.05, 3.63) is 59.0 Å². The fourth-order valence-corrected chi connectivity index (χ4v) is 3.63. The molecule has 0 fully saturated rings. The summed E-state index contributed by atoms with van der Waals surface area (Å²) in [6.45, 7) is -0.0587. The van der Waals surface area contributed by atoms with Gasteiger partial charge in [0.25, 0.3) is 5.89 Å². The molecule has 0 aliphatic rings. The van der Waals surface area contributed by atoms with E-state index in [1.165, 1.54) is 22.7 Å². The molecule has 9 heteroatoms. The molecule has 0 atom stereocenters. The summed E-state index contributed by atoms with van der Waals surface area (Å²) in [4.78, 5) is 25.6. The largest absolute Gasteiger partial charge is 0.455 e. The number of thiazole rings is 1. The highest BCUT2D eigenvalue weighted by molar-refractivity contribution is 7.13. The van der Waals surface area contributed by atoms with Crippen LogP contribution in [0.5, 0.6) is 0 Å². The molecule has 4 rings (SSSR count). The van der Waals surface area contributed by atoms with E-state index in [0.717, 1.165) is 15.4 Å². The van der Waals surface area contributed by atoms with Crippen LogP contribution in [0.4, 0.5) is 0 Å². The number of esters is 1. The molecule has 0 saturated carbocycles. The van der Waals surface area contributed by atoms with Gasteiger partial charge in [0.15, 0.2) is 6.61 Å². The van der Waals surface area contributed by atoms with Crippen molar-refractivity contribution in [1.29, 1.82) is 0 Å². The number of nitrogens with zero attached hydrogens (tertiary/aromatic N) is 4. The quantitative estimate of drug-likeness (QED) is 0.469. The molecule has 0 aliphatic carbocycles. The molecule has 0 spiro atoms. The minimum Gasteiger partial charge on any atom is -0.455 e. The topological polar surface area (TPSA) is 91.0 Å². The molecule has 0 aromatic carbocycles. The summed E-state index contributed by atoms with van der Waals surface area (Å²) in [6.07, 6.45) is 3.53. The highest BCUT2D eigenvalue weighted by Crippen LogP contribution is 2.23. The van der Waals surface area contributed by atoms with Crippen LogP contribution in [-0.4, -0.2) is 26.1 Å². The molecule has 0 bridgehead atoms. The van der Waals surface area contributed by atoms with E-state index in [1.54, 1.807) is 12.4 Å². The molecule has 0 unspecified atom stereocenters. The molecule has 0 N–H and O–H groups in total. The van der Waals surface area contributed by atoms with Crippen LogP contribution in [0.1, 0.15) is 11.6 Å². The average molecular weight is 384 g/mol. The zero-order valence-corrected chi connectivity index (χ0v) is 15.0. The van der Waals surface area contributed by atoms with Crippen molar-refractivity contribution < 1.29 is 14.1 Å². The summed E-state index contributed by atoms with van der Waals surface area (Å²) < 4.78 is 10.3. The van der Waals surface area contributed by atoms with Gasteiger partial charge in [0.05, 0.1) is 17.0 Å². The number of carbonyl (C=O) groups excluding carboxylic acids is 1. The molecular formula is C17H12N4O3S2. The van der Waals surface area contributed by atoms with Gasteiger partial charge in [-0.25, -0.2) is 4.98 Å². The van der Waals surface area contributed by atoms with E-state index in [4.69, 9.17) is 9.26 Å². The minimum absolute atomic E-state index is 0.0587.